The number of aromatic amines is 1. The van der Waals surface area contributed by atoms with E-state index in [4.69, 9.17) is 4.42 Å². The molecule has 0 aliphatic heterocycles. The summed E-state index contributed by atoms with van der Waals surface area (Å²) in [5.41, 5.74) is 1.88. The van der Waals surface area contributed by atoms with E-state index >= 15 is 0 Å². The zero-order valence-corrected chi connectivity index (χ0v) is 16.9. The molecule has 150 valence electrons. The molecule has 0 atom stereocenters. The second kappa shape index (κ2) is 8.46. The van der Waals surface area contributed by atoms with Gasteiger partial charge in [-0.05, 0) is 37.1 Å². The Bertz CT molecular complexity index is 951. The molecule has 0 aliphatic carbocycles. The third kappa shape index (κ3) is 4.91. The van der Waals surface area contributed by atoms with Gasteiger partial charge in [-0.1, -0.05) is 20.8 Å². The summed E-state index contributed by atoms with van der Waals surface area (Å²) in [4.78, 5) is 12.0. The Hall–Kier alpha value is -2.83. The van der Waals surface area contributed by atoms with Gasteiger partial charge in [-0.3, -0.25) is 0 Å². The third-order valence-corrected chi connectivity index (χ3v) is 4.43. The largest absolute Gasteiger partial charge is 0.443 e. The molecule has 0 fully saturated rings. The number of hydrogen-bond donors (Lipinski definition) is 3. The van der Waals surface area contributed by atoms with E-state index in [1.165, 1.54) is 12.1 Å². The lowest BCUT2D eigenvalue weighted by Crippen LogP contribution is -2.38. The summed E-state index contributed by atoms with van der Waals surface area (Å²) in [6.45, 7) is 10.1. The predicted molar refractivity (Wildman–Crippen MR) is 110 cm³/mol. The lowest BCUT2D eigenvalue weighted by atomic mass is 9.94. The summed E-state index contributed by atoms with van der Waals surface area (Å²) in [6.07, 6.45) is 4.49. The molecule has 3 aromatic rings. The third-order valence-electron chi connectivity index (χ3n) is 4.43. The number of hydrogen-bond acceptors (Lipinski definition) is 3. The van der Waals surface area contributed by atoms with E-state index in [0.29, 0.717) is 24.9 Å². The molecule has 3 rings (SSSR count). The van der Waals surface area contributed by atoms with Crippen molar-refractivity contribution in [3.05, 3.63) is 53.6 Å². The van der Waals surface area contributed by atoms with Crippen LogP contribution < -0.4 is 10.6 Å². The lowest BCUT2D eigenvalue weighted by molar-refractivity contribution is 0.383. The number of rotatable bonds is 6. The molecule has 3 N–H and O–H groups in total. The van der Waals surface area contributed by atoms with Crippen molar-refractivity contribution in [2.75, 3.05) is 13.1 Å². The average Bonchev–Trinajstić information content (AvgIpc) is 3.26. The molecule has 28 heavy (non-hydrogen) atoms. The lowest BCUT2D eigenvalue weighted by Gasteiger charge is -2.13. The van der Waals surface area contributed by atoms with Crippen LogP contribution in [-0.4, -0.2) is 29.0 Å². The van der Waals surface area contributed by atoms with Gasteiger partial charge in [0.05, 0.1) is 6.20 Å². The normalized spacial score (nSPS) is 12.5. The van der Waals surface area contributed by atoms with Gasteiger partial charge in [0.25, 0.3) is 0 Å². The maximum Gasteiger partial charge on any atom is 0.216 e. The molecule has 2 heterocycles. The highest BCUT2D eigenvalue weighted by molar-refractivity contribution is 5.83. The fourth-order valence-electron chi connectivity index (χ4n) is 2.90. The quantitative estimate of drug-likeness (QED) is 0.444. The maximum atomic E-state index is 13.3. The van der Waals surface area contributed by atoms with E-state index < -0.39 is 0 Å². The molecule has 0 saturated carbocycles. The van der Waals surface area contributed by atoms with Crippen LogP contribution in [0, 0.1) is 5.82 Å². The summed E-state index contributed by atoms with van der Waals surface area (Å²) in [6, 6.07) is 4.81. The van der Waals surface area contributed by atoms with Crippen LogP contribution in [-0.2, 0) is 18.4 Å². The zero-order chi connectivity index (χ0) is 20.1. The molecular weight excluding hydrogens is 357 g/mol. The average molecular weight is 385 g/mol. The van der Waals surface area contributed by atoms with E-state index in [9.17, 15) is 4.39 Å². The number of nitrogens with zero attached hydrogens (tertiary/aromatic N) is 2. The highest BCUT2D eigenvalue weighted by atomic mass is 19.1. The first kappa shape index (κ1) is 19.9. The van der Waals surface area contributed by atoms with E-state index in [1.807, 2.05) is 19.2 Å². The van der Waals surface area contributed by atoms with Crippen LogP contribution in [0.3, 0.4) is 0 Å². The van der Waals surface area contributed by atoms with Crippen molar-refractivity contribution in [3.8, 4) is 0 Å². The molecule has 0 radical (unpaired) electrons. The highest BCUT2D eigenvalue weighted by Crippen LogP contribution is 2.23. The smallest absolute Gasteiger partial charge is 0.216 e. The molecule has 0 bridgehead atoms. The number of benzene rings is 1. The van der Waals surface area contributed by atoms with E-state index in [-0.39, 0.29) is 11.2 Å². The van der Waals surface area contributed by atoms with Gasteiger partial charge in [0.15, 0.2) is 5.96 Å². The Morgan fingerprint density at radius 2 is 2.11 bits per heavy atom. The van der Waals surface area contributed by atoms with E-state index in [0.717, 1.165) is 35.2 Å². The van der Waals surface area contributed by atoms with Crippen LogP contribution in [0.4, 0.5) is 4.39 Å². The molecule has 0 spiro atoms. The van der Waals surface area contributed by atoms with E-state index in [2.05, 4.69) is 46.4 Å². The maximum absolute atomic E-state index is 13.3. The van der Waals surface area contributed by atoms with Gasteiger partial charge in [0, 0.05) is 35.6 Å². The number of oxazole rings is 1. The van der Waals surface area contributed by atoms with Crippen LogP contribution in [0.15, 0.2) is 40.0 Å². The van der Waals surface area contributed by atoms with Crippen molar-refractivity contribution in [3.63, 3.8) is 0 Å². The number of H-pyrrole nitrogens is 1. The summed E-state index contributed by atoms with van der Waals surface area (Å²) >= 11 is 0. The van der Waals surface area contributed by atoms with Crippen LogP contribution >= 0.6 is 0 Å². The molecule has 1 aromatic carbocycles. The van der Waals surface area contributed by atoms with Gasteiger partial charge in [-0.2, -0.15) is 0 Å². The number of aromatic nitrogens is 2. The number of aliphatic imine (C=N–C) groups is 1. The minimum atomic E-state index is -0.234. The molecule has 0 amide bonds. The number of fused-ring (bicyclic) bond motifs is 1. The van der Waals surface area contributed by atoms with Gasteiger partial charge < -0.3 is 20.0 Å². The topological polar surface area (TPSA) is 78.2 Å². The molecule has 7 heteroatoms. The Morgan fingerprint density at radius 1 is 1.29 bits per heavy atom. The van der Waals surface area contributed by atoms with Crippen LogP contribution in [0.25, 0.3) is 10.9 Å². The molecule has 0 saturated heterocycles. The zero-order valence-electron chi connectivity index (χ0n) is 16.9. The minimum Gasteiger partial charge on any atom is -0.443 e. The first-order chi connectivity index (χ1) is 13.4. The standard InChI is InChI=1S/C21H28FN5O/c1-5-23-20(27-13-19-26-12-18(28-19)21(2,3)4)24-9-8-14-11-25-17-10-15(22)6-7-16(14)17/h6-7,10-12,25H,5,8-9,13H2,1-4H3,(H2,23,24,27). The number of guanidine groups is 1. The summed E-state index contributed by atoms with van der Waals surface area (Å²) in [5, 5.41) is 7.59. The summed E-state index contributed by atoms with van der Waals surface area (Å²) < 4.78 is 19.1. The van der Waals surface area contributed by atoms with Gasteiger partial charge >= 0.3 is 0 Å². The van der Waals surface area contributed by atoms with Crippen molar-refractivity contribution in [2.24, 2.45) is 4.99 Å². The SMILES string of the molecule is CCNC(=NCc1ncc(C(C)(C)C)o1)NCCc1c[nH]c2cc(F)ccc12. The summed E-state index contributed by atoms with van der Waals surface area (Å²) in [7, 11) is 0. The highest BCUT2D eigenvalue weighted by Gasteiger charge is 2.19. The van der Waals surface area contributed by atoms with Crippen LogP contribution in [0.2, 0.25) is 0 Å². The van der Waals surface area contributed by atoms with Crippen LogP contribution in [0.1, 0.15) is 44.9 Å². The van der Waals surface area contributed by atoms with Gasteiger partial charge in [-0.25, -0.2) is 14.4 Å². The predicted octanol–water partition coefficient (Wildman–Crippen LogP) is 3.89. The van der Waals surface area contributed by atoms with Gasteiger partial charge in [0.1, 0.15) is 18.1 Å². The van der Waals surface area contributed by atoms with Crippen molar-refractivity contribution in [1.82, 2.24) is 20.6 Å². The van der Waals surface area contributed by atoms with E-state index in [1.54, 1.807) is 6.20 Å². The Morgan fingerprint density at radius 3 is 2.82 bits per heavy atom. The van der Waals surface area contributed by atoms with Crippen molar-refractivity contribution in [1.29, 1.82) is 0 Å². The second-order valence-corrected chi connectivity index (χ2v) is 7.74. The molecule has 0 unspecified atom stereocenters. The fourth-order valence-corrected chi connectivity index (χ4v) is 2.90. The van der Waals surface area contributed by atoms with Crippen molar-refractivity contribution >= 4 is 16.9 Å². The van der Waals surface area contributed by atoms with Crippen molar-refractivity contribution in [2.45, 2.75) is 46.1 Å². The molecule has 2 aromatic heterocycles. The molecule has 6 nitrogen and oxygen atoms in total. The first-order valence-electron chi connectivity index (χ1n) is 9.59. The Balaban J connectivity index is 1.59. The van der Waals surface area contributed by atoms with Crippen molar-refractivity contribution < 1.29 is 8.81 Å². The monoisotopic (exact) mass is 385 g/mol. The van der Waals surface area contributed by atoms with Gasteiger partial charge in [-0.15, -0.1) is 0 Å². The second-order valence-electron chi connectivity index (χ2n) is 7.74. The molecule has 0 aliphatic rings. The first-order valence-corrected chi connectivity index (χ1v) is 9.59. The molecular formula is C21H28FN5O. The van der Waals surface area contributed by atoms with Gasteiger partial charge in [0.2, 0.25) is 5.89 Å². The van der Waals surface area contributed by atoms with Crippen LogP contribution in [0.5, 0.6) is 0 Å². The summed E-state index contributed by atoms with van der Waals surface area (Å²) in [5.74, 6) is 1.93. The Labute approximate surface area is 164 Å². The fraction of sp³-hybridized carbons (Fsp3) is 0.429. The minimum absolute atomic E-state index is 0.0695. The number of halogens is 1. The Kier molecular flexibility index (Phi) is 6.02. The number of nitrogens with one attached hydrogen (secondary N) is 3.